The number of nitrogens with two attached hydrogens (primary N) is 1. The van der Waals surface area contributed by atoms with E-state index in [0.29, 0.717) is 19.0 Å². The minimum absolute atomic E-state index is 0.129. The Kier molecular flexibility index (Phi) is 3.89. The SMILES string of the molecule is CC(CN1CCC(C)C(O)C1)C(N)=O. The fourth-order valence-electron chi connectivity index (χ4n) is 1.76. The Hall–Kier alpha value is -0.610. The van der Waals surface area contributed by atoms with Gasteiger partial charge in [-0.05, 0) is 18.9 Å². The molecular weight excluding hydrogens is 180 g/mol. The van der Waals surface area contributed by atoms with Crippen molar-refractivity contribution in [1.82, 2.24) is 4.90 Å². The molecule has 1 heterocycles. The fraction of sp³-hybridized carbons (Fsp3) is 0.900. The summed E-state index contributed by atoms with van der Waals surface area (Å²) in [6, 6.07) is 0. The maximum atomic E-state index is 10.9. The highest BCUT2D eigenvalue weighted by atomic mass is 16.3. The van der Waals surface area contributed by atoms with E-state index in [1.165, 1.54) is 0 Å². The maximum Gasteiger partial charge on any atom is 0.221 e. The van der Waals surface area contributed by atoms with Crippen LogP contribution >= 0.6 is 0 Å². The van der Waals surface area contributed by atoms with Crippen LogP contribution in [-0.2, 0) is 4.79 Å². The molecule has 14 heavy (non-hydrogen) atoms. The molecule has 0 saturated carbocycles. The Morgan fingerprint density at radius 1 is 1.71 bits per heavy atom. The van der Waals surface area contributed by atoms with E-state index in [1.54, 1.807) is 0 Å². The Labute approximate surface area is 85.1 Å². The highest BCUT2D eigenvalue weighted by Gasteiger charge is 2.25. The first-order chi connectivity index (χ1) is 6.50. The van der Waals surface area contributed by atoms with Crippen molar-refractivity contribution in [2.75, 3.05) is 19.6 Å². The van der Waals surface area contributed by atoms with Gasteiger partial charge in [0.05, 0.1) is 6.10 Å². The smallest absolute Gasteiger partial charge is 0.221 e. The normalized spacial score (nSPS) is 31.4. The molecule has 1 amide bonds. The van der Waals surface area contributed by atoms with Crippen LogP contribution in [0.3, 0.4) is 0 Å². The van der Waals surface area contributed by atoms with Gasteiger partial charge < -0.3 is 10.8 Å². The first-order valence-corrected chi connectivity index (χ1v) is 5.20. The van der Waals surface area contributed by atoms with Crippen molar-refractivity contribution in [3.05, 3.63) is 0 Å². The Morgan fingerprint density at radius 2 is 2.36 bits per heavy atom. The van der Waals surface area contributed by atoms with E-state index in [1.807, 2.05) is 6.92 Å². The number of carbonyl (C=O) groups is 1. The number of likely N-dealkylation sites (tertiary alicyclic amines) is 1. The van der Waals surface area contributed by atoms with E-state index in [2.05, 4.69) is 11.8 Å². The number of β-amino-alcohol motifs (C(OH)–C–C–N with tert-alkyl or cyclic N) is 1. The topological polar surface area (TPSA) is 66.6 Å². The molecular formula is C10H20N2O2. The average molecular weight is 200 g/mol. The summed E-state index contributed by atoms with van der Waals surface area (Å²) in [7, 11) is 0. The van der Waals surface area contributed by atoms with Gasteiger partial charge in [0.1, 0.15) is 0 Å². The van der Waals surface area contributed by atoms with Crippen LogP contribution in [0.4, 0.5) is 0 Å². The van der Waals surface area contributed by atoms with Crippen molar-refractivity contribution in [1.29, 1.82) is 0 Å². The number of carbonyl (C=O) groups excluding carboxylic acids is 1. The third-order valence-corrected chi connectivity index (χ3v) is 3.02. The van der Waals surface area contributed by atoms with Gasteiger partial charge in [-0.1, -0.05) is 13.8 Å². The molecule has 82 valence electrons. The second kappa shape index (κ2) is 4.75. The highest BCUT2D eigenvalue weighted by molar-refractivity contribution is 5.76. The van der Waals surface area contributed by atoms with Crippen LogP contribution in [0.5, 0.6) is 0 Å². The van der Waals surface area contributed by atoms with E-state index >= 15 is 0 Å². The first-order valence-electron chi connectivity index (χ1n) is 5.20. The lowest BCUT2D eigenvalue weighted by Crippen LogP contribution is -2.45. The van der Waals surface area contributed by atoms with E-state index in [9.17, 15) is 9.90 Å². The number of aliphatic hydroxyl groups excluding tert-OH is 1. The van der Waals surface area contributed by atoms with Crippen LogP contribution in [0.1, 0.15) is 20.3 Å². The Morgan fingerprint density at radius 3 is 2.86 bits per heavy atom. The Balaban J connectivity index is 2.36. The largest absolute Gasteiger partial charge is 0.392 e. The second-order valence-corrected chi connectivity index (χ2v) is 4.40. The number of hydrogen-bond acceptors (Lipinski definition) is 3. The van der Waals surface area contributed by atoms with Crippen LogP contribution in [0.15, 0.2) is 0 Å². The number of piperidine rings is 1. The Bertz CT molecular complexity index is 208. The van der Waals surface area contributed by atoms with E-state index in [0.717, 1.165) is 13.0 Å². The van der Waals surface area contributed by atoms with Gasteiger partial charge in [-0.15, -0.1) is 0 Å². The van der Waals surface area contributed by atoms with Crippen molar-refractivity contribution in [2.24, 2.45) is 17.6 Å². The molecule has 1 rings (SSSR count). The molecule has 0 bridgehead atoms. The molecule has 0 aromatic rings. The summed E-state index contributed by atoms with van der Waals surface area (Å²) in [6.07, 6.45) is 0.732. The lowest BCUT2D eigenvalue weighted by Gasteiger charge is -2.35. The van der Waals surface area contributed by atoms with Crippen molar-refractivity contribution in [2.45, 2.75) is 26.4 Å². The molecule has 4 nitrogen and oxygen atoms in total. The van der Waals surface area contributed by atoms with Gasteiger partial charge in [-0.3, -0.25) is 9.69 Å². The summed E-state index contributed by atoms with van der Waals surface area (Å²) in [4.78, 5) is 13.0. The molecule has 1 aliphatic rings. The molecule has 0 aliphatic carbocycles. The van der Waals surface area contributed by atoms with Crippen molar-refractivity contribution in [3.8, 4) is 0 Å². The minimum atomic E-state index is -0.266. The second-order valence-electron chi connectivity index (χ2n) is 4.40. The standard InChI is InChI=1S/C10H20N2O2/c1-7-3-4-12(6-9(7)13)5-8(2)10(11)14/h7-9,13H,3-6H2,1-2H3,(H2,11,14). The molecule has 1 aliphatic heterocycles. The average Bonchev–Trinajstić information content (AvgIpc) is 2.11. The van der Waals surface area contributed by atoms with Gasteiger partial charge in [-0.2, -0.15) is 0 Å². The van der Waals surface area contributed by atoms with Crippen molar-refractivity contribution >= 4 is 5.91 Å². The quantitative estimate of drug-likeness (QED) is 0.663. The van der Waals surface area contributed by atoms with E-state index in [4.69, 9.17) is 5.73 Å². The molecule has 1 fully saturated rings. The monoisotopic (exact) mass is 200 g/mol. The number of rotatable bonds is 3. The van der Waals surface area contributed by atoms with Gasteiger partial charge in [0.15, 0.2) is 0 Å². The van der Waals surface area contributed by atoms with Crippen LogP contribution < -0.4 is 5.73 Å². The zero-order valence-corrected chi connectivity index (χ0v) is 8.94. The van der Waals surface area contributed by atoms with Crippen molar-refractivity contribution in [3.63, 3.8) is 0 Å². The lowest BCUT2D eigenvalue weighted by atomic mass is 9.95. The molecule has 0 aromatic heterocycles. The fourth-order valence-corrected chi connectivity index (χ4v) is 1.76. The number of amides is 1. The molecule has 3 atom stereocenters. The van der Waals surface area contributed by atoms with Crippen molar-refractivity contribution < 1.29 is 9.90 Å². The molecule has 0 radical (unpaired) electrons. The molecule has 3 N–H and O–H groups in total. The zero-order valence-electron chi connectivity index (χ0n) is 8.94. The predicted octanol–water partition coefficient (Wildman–Crippen LogP) is -0.189. The van der Waals surface area contributed by atoms with Gasteiger partial charge in [0.2, 0.25) is 5.91 Å². The van der Waals surface area contributed by atoms with Gasteiger partial charge in [0.25, 0.3) is 0 Å². The summed E-state index contributed by atoms with van der Waals surface area (Å²) >= 11 is 0. The maximum absolute atomic E-state index is 10.9. The summed E-state index contributed by atoms with van der Waals surface area (Å²) in [5.41, 5.74) is 5.19. The molecule has 4 heteroatoms. The van der Waals surface area contributed by atoms with Crippen LogP contribution in [0.2, 0.25) is 0 Å². The lowest BCUT2D eigenvalue weighted by molar-refractivity contribution is -0.122. The van der Waals surface area contributed by atoms with Crippen LogP contribution in [-0.4, -0.2) is 41.7 Å². The summed E-state index contributed by atoms with van der Waals surface area (Å²) in [5.74, 6) is -0.0242. The summed E-state index contributed by atoms with van der Waals surface area (Å²) in [5, 5.41) is 9.64. The highest BCUT2D eigenvalue weighted by Crippen LogP contribution is 2.17. The minimum Gasteiger partial charge on any atom is -0.392 e. The summed E-state index contributed by atoms with van der Waals surface area (Å²) in [6.45, 7) is 6.17. The first kappa shape index (κ1) is 11.5. The van der Waals surface area contributed by atoms with Crippen LogP contribution in [0, 0.1) is 11.8 Å². The molecule has 3 unspecified atom stereocenters. The van der Waals surface area contributed by atoms with Gasteiger partial charge in [0, 0.05) is 19.0 Å². The molecule has 0 spiro atoms. The number of primary amides is 1. The number of nitrogens with zero attached hydrogens (tertiary/aromatic N) is 1. The molecule has 0 aromatic carbocycles. The van der Waals surface area contributed by atoms with E-state index in [-0.39, 0.29) is 17.9 Å². The van der Waals surface area contributed by atoms with Gasteiger partial charge >= 0.3 is 0 Å². The van der Waals surface area contributed by atoms with Crippen LogP contribution in [0.25, 0.3) is 0 Å². The predicted molar refractivity (Wildman–Crippen MR) is 54.6 cm³/mol. The number of aliphatic hydroxyl groups is 1. The van der Waals surface area contributed by atoms with E-state index < -0.39 is 0 Å². The molecule has 1 saturated heterocycles. The third kappa shape index (κ3) is 2.96. The van der Waals surface area contributed by atoms with Gasteiger partial charge in [-0.25, -0.2) is 0 Å². The summed E-state index contributed by atoms with van der Waals surface area (Å²) < 4.78 is 0. The number of hydrogen-bond donors (Lipinski definition) is 2. The zero-order chi connectivity index (χ0) is 10.7. The third-order valence-electron chi connectivity index (χ3n) is 3.02.